The van der Waals surface area contributed by atoms with Gasteiger partial charge in [-0.3, -0.25) is 10.0 Å². The molecule has 0 fully saturated rings. The lowest BCUT2D eigenvalue weighted by Gasteiger charge is -2.34. The Morgan fingerprint density at radius 1 is 1.14 bits per heavy atom. The molecule has 0 spiro atoms. The van der Waals surface area contributed by atoms with Crippen LogP contribution in [0.25, 0.3) is 11.1 Å². The number of hydrogen-bond donors (Lipinski definition) is 1. The van der Waals surface area contributed by atoms with E-state index in [1.165, 1.54) is 6.92 Å². The molecule has 3 nitrogen and oxygen atoms in total. The molecule has 0 saturated heterocycles. The first kappa shape index (κ1) is 15.0. The standard InChI is InChI=1S/C18H19NO2/c1-4-18(3,19(21)14(2)20)17-12-8-11-16(13-17)15-9-6-5-7-10-15/h4-13,21H,1H2,2-3H3/t18-/m0/s1. The monoisotopic (exact) mass is 281 g/mol. The van der Waals surface area contributed by atoms with Gasteiger partial charge in [0.05, 0.1) is 0 Å². The van der Waals surface area contributed by atoms with Crippen molar-refractivity contribution >= 4 is 5.91 Å². The van der Waals surface area contributed by atoms with E-state index in [1.807, 2.05) is 54.6 Å². The van der Waals surface area contributed by atoms with Gasteiger partial charge in [-0.05, 0) is 29.7 Å². The number of nitrogens with zero attached hydrogens (tertiary/aromatic N) is 1. The van der Waals surface area contributed by atoms with Crippen LogP contribution in [0.5, 0.6) is 0 Å². The van der Waals surface area contributed by atoms with Crippen LogP contribution in [0.3, 0.4) is 0 Å². The minimum absolute atomic E-state index is 0.428. The lowest BCUT2D eigenvalue weighted by molar-refractivity contribution is -0.184. The summed E-state index contributed by atoms with van der Waals surface area (Å²) in [7, 11) is 0. The Bertz CT molecular complexity index is 651. The molecule has 3 heteroatoms. The fraction of sp³-hybridized carbons (Fsp3) is 0.167. The Kier molecular flexibility index (Phi) is 4.24. The second kappa shape index (κ2) is 5.94. The van der Waals surface area contributed by atoms with Crippen LogP contribution in [0.2, 0.25) is 0 Å². The van der Waals surface area contributed by atoms with Crippen molar-refractivity contribution in [3.05, 3.63) is 72.8 Å². The minimum Gasteiger partial charge on any atom is -0.285 e. The maximum atomic E-state index is 11.5. The van der Waals surface area contributed by atoms with Gasteiger partial charge in [-0.15, -0.1) is 6.58 Å². The summed E-state index contributed by atoms with van der Waals surface area (Å²) < 4.78 is 0. The summed E-state index contributed by atoms with van der Waals surface area (Å²) >= 11 is 0. The van der Waals surface area contributed by atoms with Crippen LogP contribution in [-0.4, -0.2) is 16.2 Å². The fourth-order valence-electron chi connectivity index (χ4n) is 2.30. The number of hydrogen-bond acceptors (Lipinski definition) is 2. The van der Waals surface area contributed by atoms with Crippen LogP contribution in [0.15, 0.2) is 67.3 Å². The zero-order valence-electron chi connectivity index (χ0n) is 12.3. The molecule has 0 unspecified atom stereocenters. The van der Waals surface area contributed by atoms with Gasteiger partial charge in [0, 0.05) is 6.92 Å². The van der Waals surface area contributed by atoms with Gasteiger partial charge < -0.3 is 0 Å². The molecule has 0 radical (unpaired) electrons. The van der Waals surface area contributed by atoms with Crippen molar-refractivity contribution < 1.29 is 10.0 Å². The second-order valence-corrected chi connectivity index (χ2v) is 5.13. The van der Waals surface area contributed by atoms with E-state index < -0.39 is 11.4 Å². The predicted molar refractivity (Wildman–Crippen MR) is 83.7 cm³/mol. The summed E-state index contributed by atoms with van der Waals surface area (Å²) in [5, 5.41) is 10.8. The molecule has 1 amide bonds. The Morgan fingerprint density at radius 3 is 2.33 bits per heavy atom. The normalized spacial score (nSPS) is 13.3. The Balaban J connectivity index is 2.49. The zero-order chi connectivity index (χ0) is 15.5. The Morgan fingerprint density at radius 2 is 1.76 bits per heavy atom. The number of amides is 1. The molecule has 2 aromatic carbocycles. The van der Waals surface area contributed by atoms with Gasteiger partial charge in [0.1, 0.15) is 5.54 Å². The summed E-state index contributed by atoms with van der Waals surface area (Å²) in [6.07, 6.45) is 1.57. The van der Waals surface area contributed by atoms with E-state index in [0.717, 1.165) is 16.7 Å². The Labute approximate surface area is 125 Å². The largest absolute Gasteiger partial charge is 0.285 e. The third kappa shape index (κ3) is 2.88. The van der Waals surface area contributed by atoms with E-state index in [4.69, 9.17) is 0 Å². The van der Waals surface area contributed by atoms with E-state index in [-0.39, 0.29) is 0 Å². The third-order valence-corrected chi connectivity index (χ3v) is 3.69. The van der Waals surface area contributed by atoms with Crippen molar-refractivity contribution in [3.8, 4) is 11.1 Å². The molecule has 0 saturated carbocycles. The molecule has 0 bridgehead atoms. The summed E-state index contributed by atoms with van der Waals surface area (Å²) in [5.74, 6) is -0.428. The lowest BCUT2D eigenvalue weighted by Crippen LogP contribution is -2.42. The van der Waals surface area contributed by atoms with Crippen molar-refractivity contribution in [3.63, 3.8) is 0 Å². The van der Waals surface area contributed by atoms with E-state index >= 15 is 0 Å². The molecule has 0 heterocycles. The van der Waals surface area contributed by atoms with Gasteiger partial charge in [-0.25, -0.2) is 5.06 Å². The summed E-state index contributed by atoms with van der Waals surface area (Å²) in [4.78, 5) is 11.5. The first-order chi connectivity index (χ1) is 9.99. The topological polar surface area (TPSA) is 40.5 Å². The van der Waals surface area contributed by atoms with Crippen LogP contribution >= 0.6 is 0 Å². The molecule has 21 heavy (non-hydrogen) atoms. The number of carbonyl (C=O) groups is 1. The van der Waals surface area contributed by atoms with Gasteiger partial charge in [0.15, 0.2) is 0 Å². The maximum Gasteiger partial charge on any atom is 0.243 e. The van der Waals surface area contributed by atoms with Crippen molar-refractivity contribution in [2.45, 2.75) is 19.4 Å². The molecule has 0 aliphatic heterocycles. The van der Waals surface area contributed by atoms with Crippen LogP contribution in [-0.2, 0) is 10.3 Å². The average Bonchev–Trinajstić information content (AvgIpc) is 2.54. The molecule has 1 N–H and O–H groups in total. The molecular weight excluding hydrogens is 262 g/mol. The van der Waals surface area contributed by atoms with Crippen LogP contribution in [0, 0.1) is 0 Å². The van der Waals surface area contributed by atoms with E-state index in [0.29, 0.717) is 5.06 Å². The predicted octanol–water partition coefficient (Wildman–Crippen LogP) is 3.99. The van der Waals surface area contributed by atoms with Crippen LogP contribution in [0.1, 0.15) is 19.4 Å². The smallest absolute Gasteiger partial charge is 0.243 e. The van der Waals surface area contributed by atoms with Crippen molar-refractivity contribution in [2.75, 3.05) is 0 Å². The Hall–Kier alpha value is -2.39. The average molecular weight is 281 g/mol. The highest BCUT2D eigenvalue weighted by Crippen LogP contribution is 2.31. The zero-order valence-corrected chi connectivity index (χ0v) is 12.3. The highest BCUT2D eigenvalue weighted by Gasteiger charge is 2.32. The van der Waals surface area contributed by atoms with Crippen molar-refractivity contribution in [1.82, 2.24) is 5.06 Å². The summed E-state index contributed by atoms with van der Waals surface area (Å²) in [6.45, 7) is 6.84. The van der Waals surface area contributed by atoms with Gasteiger partial charge >= 0.3 is 0 Å². The second-order valence-electron chi connectivity index (χ2n) is 5.13. The number of rotatable bonds is 4. The highest BCUT2D eigenvalue weighted by atomic mass is 16.5. The van der Waals surface area contributed by atoms with Crippen molar-refractivity contribution in [2.24, 2.45) is 0 Å². The van der Waals surface area contributed by atoms with E-state index in [1.54, 1.807) is 13.0 Å². The van der Waals surface area contributed by atoms with E-state index in [9.17, 15) is 10.0 Å². The molecule has 2 rings (SSSR count). The summed E-state index contributed by atoms with van der Waals surface area (Å²) in [5.41, 5.74) is 1.95. The molecule has 108 valence electrons. The highest BCUT2D eigenvalue weighted by molar-refractivity contribution is 5.74. The molecule has 0 aromatic heterocycles. The van der Waals surface area contributed by atoms with Gasteiger partial charge in [-0.1, -0.05) is 54.6 Å². The summed E-state index contributed by atoms with van der Waals surface area (Å²) in [6, 6.07) is 17.7. The van der Waals surface area contributed by atoms with Crippen LogP contribution in [0.4, 0.5) is 0 Å². The molecular formula is C18H19NO2. The maximum absolute atomic E-state index is 11.5. The molecule has 0 aliphatic rings. The lowest BCUT2D eigenvalue weighted by atomic mass is 9.89. The fourth-order valence-corrected chi connectivity index (χ4v) is 2.30. The van der Waals surface area contributed by atoms with E-state index in [2.05, 4.69) is 6.58 Å². The van der Waals surface area contributed by atoms with Crippen molar-refractivity contribution in [1.29, 1.82) is 0 Å². The van der Waals surface area contributed by atoms with Gasteiger partial charge in [0.2, 0.25) is 5.91 Å². The number of hydroxylamine groups is 2. The minimum atomic E-state index is -0.962. The molecule has 1 atom stereocenters. The third-order valence-electron chi connectivity index (χ3n) is 3.69. The number of benzene rings is 2. The first-order valence-corrected chi connectivity index (χ1v) is 6.78. The van der Waals surface area contributed by atoms with Gasteiger partial charge in [0.25, 0.3) is 0 Å². The SMILES string of the molecule is C=C[C@@](C)(c1cccc(-c2ccccc2)c1)N(O)C(C)=O. The molecule has 0 aliphatic carbocycles. The quantitative estimate of drug-likeness (QED) is 0.523. The molecule has 2 aromatic rings. The van der Waals surface area contributed by atoms with Crippen LogP contribution < -0.4 is 0 Å². The first-order valence-electron chi connectivity index (χ1n) is 6.78. The van der Waals surface area contributed by atoms with Gasteiger partial charge in [-0.2, -0.15) is 0 Å². The number of carbonyl (C=O) groups excluding carboxylic acids is 1.